The van der Waals surface area contributed by atoms with E-state index in [1.54, 1.807) is 23.5 Å². The van der Waals surface area contributed by atoms with Crippen LogP contribution in [0.3, 0.4) is 0 Å². The Bertz CT molecular complexity index is 1000. The van der Waals surface area contributed by atoms with Crippen LogP contribution in [0.1, 0.15) is 52.4 Å². The van der Waals surface area contributed by atoms with Crippen molar-refractivity contribution in [3.63, 3.8) is 0 Å². The molecule has 2 aromatic carbocycles. The van der Waals surface area contributed by atoms with Gasteiger partial charge in [-0.05, 0) is 31.0 Å². The molecule has 1 amide bonds. The average molecular weight is 455 g/mol. The molecule has 3 rings (SSSR count). The lowest BCUT2D eigenvalue weighted by Gasteiger charge is -2.18. The molecule has 1 atom stereocenters. The standard InChI is InChI=1S/C24H26N2O3S2/c1-3-9-21(18-10-5-4-6-11-18)26-23(27)14-29-24(28)20-12-7-8-13-22(20)31-16-19-15-30-17(2)25-19/h4-8,10-13,15,21H,3,9,14,16H2,1-2H3,(H,26,27). The fourth-order valence-electron chi connectivity index (χ4n) is 3.13. The number of ether oxygens (including phenoxy) is 1. The van der Waals surface area contributed by atoms with Gasteiger partial charge >= 0.3 is 5.97 Å². The number of esters is 1. The van der Waals surface area contributed by atoms with Gasteiger partial charge in [-0.1, -0.05) is 55.8 Å². The summed E-state index contributed by atoms with van der Waals surface area (Å²) >= 11 is 3.14. The quantitative estimate of drug-likeness (QED) is 0.321. The van der Waals surface area contributed by atoms with Gasteiger partial charge < -0.3 is 10.1 Å². The molecule has 1 aromatic heterocycles. The predicted molar refractivity (Wildman–Crippen MR) is 125 cm³/mol. The number of aromatic nitrogens is 1. The number of thiazole rings is 1. The van der Waals surface area contributed by atoms with Crippen molar-refractivity contribution in [1.82, 2.24) is 10.3 Å². The number of amides is 1. The molecule has 0 aliphatic heterocycles. The Balaban J connectivity index is 1.57. The van der Waals surface area contributed by atoms with Crippen LogP contribution in [0, 0.1) is 6.92 Å². The monoisotopic (exact) mass is 454 g/mol. The fraction of sp³-hybridized carbons (Fsp3) is 0.292. The van der Waals surface area contributed by atoms with Crippen LogP contribution in [0.15, 0.2) is 64.9 Å². The predicted octanol–water partition coefficient (Wildman–Crippen LogP) is 5.56. The normalized spacial score (nSPS) is 11.7. The third kappa shape index (κ3) is 6.94. The zero-order valence-corrected chi connectivity index (χ0v) is 19.3. The van der Waals surface area contributed by atoms with Gasteiger partial charge in [-0.25, -0.2) is 9.78 Å². The van der Waals surface area contributed by atoms with Crippen molar-refractivity contribution >= 4 is 35.0 Å². The maximum absolute atomic E-state index is 12.6. The first-order chi connectivity index (χ1) is 15.1. The molecule has 7 heteroatoms. The van der Waals surface area contributed by atoms with Crippen molar-refractivity contribution < 1.29 is 14.3 Å². The van der Waals surface area contributed by atoms with Gasteiger partial charge in [0.2, 0.25) is 0 Å². The van der Waals surface area contributed by atoms with Gasteiger partial charge in [-0.2, -0.15) is 0 Å². The average Bonchev–Trinajstić information content (AvgIpc) is 3.21. The highest BCUT2D eigenvalue weighted by Crippen LogP contribution is 2.27. The molecule has 1 unspecified atom stereocenters. The van der Waals surface area contributed by atoms with Crippen molar-refractivity contribution in [1.29, 1.82) is 0 Å². The zero-order chi connectivity index (χ0) is 22.1. The molecule has 0 aliphatic carbocycles. The largest absolute Gasteiger partial charge is 0.452 e. The number of nitrogens with one attached hydrogen (secondary N) is 1. The van der Waals surface area contributed by atoms with Gasteiger partial charge in [-0.15, -0.1) is 23.1 Å². The summed E-state index contributed by atoms with van der Waals surface area (Å²) in [5.41, 5.74) is 2.49. The van der Waals surface area contributed by atoms with Crippen molar-refractivity contribution in [2.75, 3.05) is 6.61 Å². The number of carbonyl (C=O) groups excluding carboxylic acids is 2. The molecule has 0 spiro atoms. The van der Waals surface area contributed by atoms with E-state index < -0.39 is 5.97 Å². The molecule has 0 saturated carbocycles. The maximum Gasteiger partial charge on any atom is 0.339 e. The molecular weight excluding hydrogens is 428 g/mol. The number of hydrogen-bond acceptors (Lipinski definition) is 6. The van der Waals surface area contributed by atoms with Crippen LogP contribution in [-0.4, -0.2) is 23.5 Å². The first-order valence-electron chi connectivity index (χ1n) is 10.2. The van der Waals surface area contributed by atoms with E-state index in [-0.39, 0.29) is 18.6 Å². The molecule has 31 heavy (non-hydrogen) atoms. The van der Waals surface area contributed by atoms with Crippen molar-refractivity contribution in [3.8, 4) is 0 Å². The van der Waals surface area contributed by atoms with Gasteiger partial charge in [0.15, 0.2) is 6.61 Å². The first kappa shape index (κ1) is 23.0. The first-order valence-corrected chi connectivity index (χ1v) is 12.1. The van der Waals surface area contributed by atoms with Crippen molar-refractivity contribution in [2.45, 2.75) is 43.4 Å². The van der Waals surface area contributed by atoms with Crippen LogP contribution in [-0.2, 0) is 15.3 Å². The van der Waals surface area contributed by atoms with Crippen LogP contribution < -0.4 is 5.32 Å². The highest BCUT2D eigenvalue weighted by atomic mass is 32.2. The van der Waals surface area contributed by atoms with E-state index in [0.29, 0.717) is 11.3 Å². The van der Waals surface area contributed by atoms with E-state index in [0.717, 1.165) is 34.0 Å². The van der Waals surface area contributed by atoms with Gasteiger partial charge in [0.05, 0.1) is 22.3 Å². The lowest BCUT2D eigenvalue weighted by molar-refractivity contribution is -0.125. The van der Waals surface area contributed by atoms with Crippen LogP contribution in [0.5, 0.6) is 0 Å². The molecular formula is C24H26N2O3S2. The van der Waals surface area contributed by atoms with E-state index in [1.165, 1.54) is 11.8 Å². The Morgan fingerprint density at radius 1 is 1.13 bits per heavy atom. The summed E-state index contributed by atoms with van der Waals surface area (Å²) in [6.45, 7) is 3.73. The summed E-state index contributed by atoms with van der Waals surface area (Å²) in [4.78, 5) is 30.3. The summed E-state index contributed by atoms with van der Waals surface area (Å²) in [6.07, 6.45) is 1.75. The molecule has 162 valence electrons. The van der Waals surface area contributed by atoms with Crippen LogP contribution in [0.2, 0.25) is 0 Å². The van der Waals surface area contributed by atoms with Crippen molar-refractivity contribution in [3.05, 3.63) is 81.8 Å². The molecule has 0 bridgehead atoms. The smallest absolute Gasteiger partial charge is 0.339 e. The Labute approximate surface area is 191 Å². The fourth-order valence-corrected chi connectivity index (χ4v) is 4.78. The Morgan fingerprint density at radius 3 is 2.58 bits per heavy atom. The Kier molecular flexibility index (Phi) is 8.67. The van der Waals surface area contributed by atoms with E-state index in [9.17, 15) is 9.59 Å². The number of nitrogens with zero attached hydrogens (tertiary/aromatic N) is 1. The molecule has 1 heterocycles. The van der Waals surface area contributed by atoms with Crippen molar-refractivity contribution in [2.24, 2.45) is 0 Å². The van der Waals surface area contributed by atoms with Gasteiger partial charge in [0.1, 0.15) is 0 Å². The molecule has 3 aromatic rings. The number of rotatable bonds is 10. The highest BCUT2D eigenvalue weighted by Gasteiger charge is 2.17. The van der Waals surface area contributed by atoms with Crippen LogP contribution in [0.4, 0.5) is 0 Å². The maximum atomic E-state index is 12.6. The lowest BCUT2D eigenvalue weighted by Crippen LogP contribution is -2.32. The summed E-state index contributed by atoms with van der Waals surface area (Å²) in [6, 6.07) is 17.0. The minimum atomic E-state index is -0.500. The third-order valence-corrected chi connectivity index (χ3v) is 6.53. The highest BCUT2D eigenvalue weighted by molar-refractivity contribution is 7.98. The molecule has 0 fully saturated rings. The summed E-state index contributed by atoms with van der Waals surface area (Å²) in [5.74, 6) is -0.136. The molecule has 0 aliphatic rings. The van der Waals surface area contributed by atoms with Gasteiger partial charge in [-0.3, -0.25) is 4.79 Å². The van der Waals surface area contributed by atoms with Crippen LogP contribution in [0.25, 0.3) is 0 Å². The number of thioether (sulfide) groups is 1. The zero-order valence-electron chi connectivity index (χ0n) is 17.7. The van der Waals surface area contributed by atoms with E-state index in [1.807, 2.05) is 54.8 Å². The lowest BCUT2D eigenvalue weighted by atomic mass is 10.0. The topological polar surface area (TPSA) is 68.3 Å². The second-order valence-electron chi connectivity index (χ2n) is 7.04. The molecule has 1 N–H and O–H groups in total. The Hall–Kier alpha value is -2.64. The number of aryl methyl sites for hydroxylation is 1. The number of benzene rings is 2. The van der Waals surface area contributed by atoms with Crippen LogP contribution >= 0.6 is 23.1 Å². The molecule has 0 saturated heterocycles. The Morgan fingerprint density at radius 2 is 1.87 bits per heavy atom. The third-order valence-electron chi connectivity index (χ3n) is 4.60. The SMILES string of the molecule is CCCC(NC(=O)COC(=O)c1ccccc1SCc1csc(C)n1)c1ccccc1. The summed E-state index contributed by atoms with van der Waals surface area (Å²) in [5, 5.41) is 6.02. The van der Waals surface area contributed by atoms with Gasteiger partial charge in [0, 0.05) is 16.0 Å². The summed E-state index contributed by atoms with van der Waals surface area (Å²) in [7, 11) is 0. The minimum Gasteiger partial charge on any atom is -0.452 e. The minimum absolute atomic E-state index is 0.0955. The van der Waals surface area contributed by atoms with E-state index in [4.69, 9.17) is 4.74 Å². The van der Waals surface area contributed by atoms with E-state index in [2.05, 4.69) is 17.2 Å². The number of carbonyl (C=O) groups is 2. The number of hydrogen-bond donors (Lipinski definition) is 1. The summed E-state index contributed by atoms with van der Waals surface area (Å²) < 4.78 is 5.32. The van der Waals surface area contributed by atoms with Gasteiger partial charge in [0.25, 0.3) is 5.91 Å². The molecule has 0 radical (unpaired) electrons. The second-order valence-corrected chi connectivity index (χ2v) is 9.12. The second kappa shape index (κ2) is 11.7. The van der Waals surface area contributed by atoms with E-state index >= 15 is 0 Å². The molecule has 5 nitrogen and oxygen atoms in total.